The summed E-state index contributed by atoms with van der Waals surface area (Å²) in [5.74, 6) is -0.953. The molecule has 0 radical (unpaired) electrons. The molecule has 1 unspecified atom stereocenters. The summed E-state index contributed by atoms with van der Waals surface area (Å²) in [6.07, 6.45) is 4.99. The summed E-state index contributed by atoms with van der Waals surface area (Å²) in [5.41, 5.74) is -0.416. The lowest BCUT2D eigenvalue weighted by atomic mass is 9.50. The van der Waals surface area contributed by atoms with Crippen LogP contribution in [0.3, 0.4) is 0 Å². The van der Waals surface area contributed by atoms with Gasteiger partial charge in [-0.3, -0.25) is 9.59 Å². The first-order valence-corrected chi connectivity index (χ1v) is 7.18. The van der Waals surface area contributed by atoms with Crippen LogP contribution < -0.4 is 0 Å². The molecule has 20 heavy (non-hydrogen) atoms. The van der Waals surface area contributed by atoms with Crippen molar-refractivity contribution >= 4 is 18.0 Å². The van der Waals surface area contributed by atoms with E-state index in [2.05, 4.69) is 6.58 Å². The normalized spacial score (nSPS) is 40.6. The Labute approximate surface area is 119 Å². The number of ether oxygens (including phenoxy) is 1. The molecule has 0 saturated heterocycles. The molecule has 110 valence electrons. The third-order valence-corrected chi connectivity index (χ3v) is 5.36. The summed E-state index contributed by atoms with van der Waals surface area (Å²) in [6, 6.07) is 0. The first kappa shape index (κ1) is 14.9. The van der Waals surface area contributed by atoms with Crippen LogP contribution in [0.2, 0.25) is 0 Å². The van der Waals surface area contributed by atoms with Crippen molar-refractivity contribution in [2.24, 2.45) is 29.1 Å². The summed E-state index contributed by atoms with van der Waals surface area (Å²) in [6.45, 7) is 5.80. The van der Waals surface area contributed by atoms with E-state index in [0.717, 1.165) is 6.29 Å². The SMILES string of the molecule is C=C[C@H]1C(C=O)CC[C@]2(C)[C@@H]1C(=O)CC[C@H]2C(=O)OC. The summed E-state index contributed by atoms with van der Waals surface area (Å²) in [4.78, 5) is 35.7. The summed E-state index contributed by atoms with van der Waals surface area (Å²) < 4.78 is 4.92. The fourth-order valence-electron chi connectivity index (χ4n) is 4.26. The van der Waals surface area contributed by atoms with Crippen LogP contribution in [0.5, 0.6) is 0 Å². The van der Waals surface area contributed by atoms with Crippen molar-refractivity contribution in [1.29, 1.82) is 0 Å². The molecule has 0 aliphatic heterocycles. The van der Waals surface area contributed by atoms with Crippen molar-refractivity contribution in [3.05, 3.63) is 12.7 Å². The first-order chi connectivity index (χ1) is 9.49. The van der Waals surface area contributed by atoms with E-state index in [1.807, 2.05) is 6.92 Å². The standard InChI is InChI=1S/C16H22O4/c1-4-11-10(9-17)7-8-16(2)12(15(19)20-3)5-6-13(18)14(11)16/h4,9-12,14H,1,5-8H2,2-3H3/t10?,11-,12-,14-,16-/m0/s1. The number of rotatable bonds is 3. The van der Waals surface area contributed by atoms with E-state index in [1.54, 1.807) is 6.08 Å². The number of ketones is 1. The van der Waals surface area contributed by atoms with E-state index in [-0.39, 0.29) is 35.4 Å². The van der Waals surface area contributed by atoms with Gasteiger partial charge in [0.15, 0.2) is 0 Å². The second-order valence-corrected chi connectivity index (χ2v) is 6.22. The van der Waals surface area contributed by atoms with E-state index in [0.29, 0.717) is 25.7 Å². The minimum Gasteiger partial charge on any atom is -0.469 e. The van der Waals surface area contributed by atoms with Crippen molar-refractivity contribution in [2.75, 3.05) is 7.11 Å². The number of esters is 1. The minimum atomic E-state index is -0.416. The summed E-state index contributed by atoms with van der Waals surface area (Å²) >= 11 is 0. The lowest BCUT2D eigenvalue weighted by molar-refractivity contribution is -0.163. The van der Waals surface area contributed by atoms with Gasteiger partial charge in [-0.05, 0) is 30.6 Å². The van der Waals surface area contributed by atoms with Crippen molar-refractivity contribution < 1.29 is 19.1 Å². The number of carbonyl (C=O) groups excluding carboxylic acids is 3. The molecular formula is C16H22O4. The van der Waals surface area contributed by atoms with E-state index < -0.39 is 5.41 Å². The molecule has 4 heteroatoms. The molecule has 2 saturated carbocycles. The van der Waals surface area contributed by atoms with Gasteiger partial charge in [0.1, 0.15) is 12.1 Å². The van der Waals surface area contributed by atoms with Crippen molar-refractivity contribution in [3.8, 4) is 0 Å². The highest BCUT2D eigenvalue weighted by Gasteiger charge is 2.56. The van der Waals surface area contributed by atoms with E-state index in [4.69, 9.17) is 4.74 Å². The maximum absolute atomic E-state index is 12.4. The number of carbonyl (C=O) groups is 3. The van der Waals surface area contributed by atoms with E-state index in [1.165, 1.54) is 7.11 Å². The predicted octanol–water partition coefficient (Wildman–Crippen LogP) is 2.17. The lowest BCUT2D eigenvalue weighted by Crippen LogP contribution is -2.54. The van der Waals surface area contributed by atoms with Crippen molar-refractivity contribution in [3.63, 3.8) is 0 Å². The molecule has 2 rings (SSSR count). The number of fused-ring (bicyclic) bond motifs is 1. The Balaban J connectivity index is 2.41. The molecule has 2 aliphatic carbocycles. The fourth-order valence-corrected chi connectivity index (χ4v) is 4.26. The van der Waals surface area contributed by atoms with Crippen molar-refractivity contribution in [1.82, 2.24) is 0 Å². The maximum atomic E-state index is 12.4. The number of aldehydes is 1. The number of methoxy groups -OCH3 is 1. The number of hydrogen-bond donors (Lipinski definition) is 0. The monoisotopic (exact) mass is 278 g/mol. The molecule has 0 heterocycles. The van der Waals surface area contributed by atoms with Crippen LogP contribution in [0.25, 0.3) is 0 Å². The average molecular weight is 278 g/mol. The molecule has 0 spiro atoms. The minimum absolute atomic E-state index is 0.157. The topological polar surface area (TPSA) is 60.4 Å². The Hall–Kier alpha value is -1.45. The highest BCUT2D eigenvalue weighted by molar-refractivity contribution is 5.87. The number of hydrogen-bond acceptors (Lipinski definition) is 4. The molecule has 0 bridgehead atoms. The Bertz CT molecular complexity index is 442. The molecule has 2 fully saturated rings. The second kappa shape index (κ2) is 5.51. The summed E-state index contributed by atoms with van der Waals surface area (Å²) in [5, 5.41) is 0. The van der Waals surface area contributed by atoms with Crippen LogP contribution >= 0.6 is 0 Å². The molecule has 2 aliphatic rings. The van der Waals surface area contributed by atoms with E-state index in [9.17, 15) is 14.4 Å². The zero-order valence-corrected chi connectivity index (χ0v) is 12.1. The Morgan fingerprint density at radius 3 is 2.70 bits per heavy atom. The van der Waals surface area contributed by atoms with Gasteiger partial charge in [-0.2, -0.15) is 0 Å². The van der Waals surface area contributed by atoms with Crippen LogP contribution in [0, 0.1) is 29.1 Å². The van der Waals surface area contributed by atoms with E-state index >= 15 is 0 Å². The van der Waals surface area contributed by atoms with Crippen LogP contribution in [0.1, 0.15) is 32.6 Å². The maximum Gasteiger partial charge on any atom is 0.309 e. The molecule has 0 N–H and O–H groups in total. The highest BCUT2D eigenvalue weighted by atomic mass is 16.5. The van der Waals surface area contributed by atoms with Gasteiger partial charge in [-0.1, -0.05) is 13.0 Å². The van der Waals surface area contributed by atoms with Crippen LogP contribution in [0.15, 0.2) is 12.7 Å². The van der Waals surface area contributed by atoms with Crippen LogP contribution in [-0.4, -0.2) is 25.1 Å². The summed E-state index contributed by atoms with van der Waals surface area (Å²) in [7, 11) is 1.39. The first-order valence-electron chi connectivity index (χ1n) is 7.18. The molecule has 5 atom stereocenters. The zero-order chi connectivity index (χ0) is 14.9. The predicted molar refractivity (Wildman–Crippen MR) is 73.8 cm³/mol. The Kier molecular flexibility index (Phi) is 4.11. The Morgan fingerprint density at radius 1 is 1.45 bits per heavy atom. The molecular weight excluding hydrogens is 256 g/mol. The fraction of sp³-hybridized carbons (Fsp3) is 0.688. The molecule has 4 nitrogen and oxygen atoms in total. The largest absolute Gasteiger partial charge is 0.469 e. The van der Waals surface area contributed by atoms with Crippen LogP contribution in [-0.2, 0) is 19.1 Å². The molecule has 0 aromatic carbocycles. The van der Waals surface area contributed by atoms with Gasteiger partial charge in [0.25, 0.3) is 0 Å². The zero-order valence-electron chi connectivity index (χ0n) is 12.1. The van der Waals surface area contributed by atoms with Gasteiger partial charge in [0.05, 0.1) is 13.0 Å². The molecule has 0 amide bonds. The molecule has 0 aromatic rings. The second-order valence-electron chi connectivity index (χ2n) is 6.22. The van der Waals surface area contributed by atoms with Crippen LogP contribution in [0.4, 0.5) is 0 Å². The number of allylic oxidation sites excluding steroid dienone is 1. The van der Waals surface area contributed by atoms with Gasteiger partial charge >= 0.3 is 5.97 Å². The quantitative estimate of drug-likeness (QED) is 0.451. The molecule has 0 aromatic heterocycles. The third kappa shape index (κ3) is 2.11. The van der Waals surface area contributed by atoms with Gasteiger partial charge in [-0.25, -0.2) is 0 Å². The highest BCUT2D eigenvalue weighted by Crippen LogP contribution is 2.55. The number of Topliss-reactive ketones (excluding diaryl/α,β-unsaturated/α-hetero) is 1. The third-order valence-electron chi connectivity index (χ3n) is 5.36. The smallest absolute Gasteiger partial charge is 0.309 e. The van der Waals surface area contributed by atoms with Gasteiger partial charge in [0.2, 0.25) is 0 Å². The van der Waals surface area contributed by atoms with Gasteiger partial charge in [0, 0.05) is 18.3 Å². The lowest BCUT2D eigenvalue weighted by Gasteiger charge is -2.52. The van der Waals surface area contributed by atoms with Crippen molar-refractivity contribution in [2.45, 2.75) is 32.6 Å². The Morgan fingerprint density at radius 2 is 2.15 bits per heavy atom. The van der Waals surface area contributed by atoms with Gasteiger partial charge in [-0.15, -0.1) is 6.58 Å². The van der Waals surface area contributed by atoms with Gasteiger partial charge < -0.3 is 9.53 Å². The average Bonchev–Trinajstić information content (AvgIpc) is 2.45.